The van der Waals surface area contributed by atoms with Gasteiger partial charge in [0.25, 0.3) is 0 Å². The summed E-state index contributed by atoms with van der Waals surface area (Å²) in [6.07, 6.45) is 1.78. The lowest BCUT2D eigenvalue weighted by molar-refractivity contribution is 1.06. The minimum absolute atomic E-state index is 0.694. The van der Waals surface area contributed by atoms with Crippen LogP contribution in [0.3, 0.4) is 0 Å². The molecule has 0 aliphatic rings. The van der Waals surface area contributed by atoms with Crippen LogP contribution in [0.5, 0.6) is 0 Å². The number of aromatic nitrogens is 2. The first kappa shape index (κ1) is 11.9. The van der Waals surface area contributed by atoms with Crippen molar-refractivity contribution < 1.29 is 0 Å². The SMILES string of the molecule is Cc1nc(CNc2ccc(N)c3cccnc23)cs1. The number of hydrogen-bond acceptors (Lipinski definition) is 5. The Morgan fingerprint density at radius 2 is 2.21 bits per heavy atom. The van der Waals surface area contributed by atoms with Crippen LogP contribution in [0.1, 0.15) is 10.7 Å². The summed E-state index contributed by atoms with van der Waals surface area (Å²) in [5.74, 6) is 0. The van der Waals surface area contributed by atoms with Crippen LogP contribution in [0.15, 0.2) is 35.8 Å². The van der Waals surface area contributed by atoms with Crippen LogP contribution in [0.25, 0.3) is 10.9 Å². The van der Waals surface area contributed by atoms with Gasteiger partial charge in [-0.25, -0.2) is 4.98 Å². The molecular weight excluding hydrogens is 256 g/mol. The van der Waals surface area contributed by atoms with Gasteiger partial charge in [0, 0.05) is 22.7 Å². The number of aryl methyl sites for hydroxylation is 1. The Labute approximate surface area is 115 Å². The molecule has 3 rings (SSSR count). The monoisotopic (exact) mass is 270 g/mol. The lowest BCUT2D eigenvalue weighted by atomic mass is 10.1. The highest BCUT2D eigenvalue weighted by Crippen LogP contribution is 2.26. The van der Waals surface area contributed by atoms with Crippen LogP contribution in [0.4, 0.5) is 11.4 Å². The molecular formula is C14H14N4S. The number of fused-ring (bicyclic) bond motifs is 1. The van der Waals surface area contributed by atoms with E-state index in [2.05, 4.69) is 20.7 Å². The number of nitrogens with two attached hydrogens (primary N) is 1. The second-order valence-electron chi connectivity index (χ2n) is 4.31. The van der Waals surface area contributed by atoms with Gasteiger partial charge in [0.15, 0.2) is 0 Å². The number of nitrogens with zero attached hydrogens (tertiary/aromatic N) is 2. The highest BCUT2D eigenvalue weighted by molar-refractivity contribution is 7.09. The second kappa shape index (κ2) is 4.85. The van der Waals surface area contributed by atoms with Crippen molar-refractivity contribution in [2.45, 2.75) is 13.5 Å². The lowest BCUT2D eigenvalue weighted by Gasteiger charge is -2.09. The van der Waals surface area contributed by atoms with Gasteiger partial charge in [-0.2, -0.15) is 0 Å². The normalized spacial score (nSPS) is 10.8. The first-order valence-corrected chi connectivity index (χ1v) is 6.90. The van der Waals surface area contributed by atoms with Gasteiger partial charge in [-0.3, -0.25) is 4.98 Å². The van der Waals surface area contributed by atoms with Gasteiger partial charge in [-0.1, -0.05) is 0 Å². The number of rotatable bonds is 3. The molecule has 2 aromatic heterocycles. The third kappa shape index (κ3) is 2.37. The Morgan fingerprint density at radius 3 is 3.00 bits per heavy atom. The summed E-state index contributed by atoms with van der Waals surface area (Å²) >= 11 is 1.66. The van der Waals surface area contributed by atoms with Gasteiger partial charge >= 0.3 is 0 Å². The van der Waals surface area contributed by atoms with E-state index >= 15 is 0 Å². The van der Waals surface area contributed by atoms with Crippen molar-refractivity contribution >= 4 is 33.6 Å². The molecule has 0 bridgehead atoms. The second-order valence-corrected chi connectivity index (χ2v) is 5.38. The number of thiazole rings is 1. The predicted octanol–water partition coefficient (Wildman–Crippen LogP) is 3.19. The topological polar surface area (TPSA) is 63.8 Å². The molecule has 96 valence electrons. The fraction of sp³-hybridized carbons (Fsp3) is 0.143. The molecule has 0 radical (unpaired) electrons. The summed E-state index contributed by atoms with van der Waals surface area (Å²) in [5, 5.41) is 7.49. The highest BCUT2D eigenvalue weighted by Gasteiger charge is 2.05. The fourth-order valence-corrected chi connectivity index (χ4v) is 2.63. The molecule has 0 fully saturated rings. The standard InChI is InChI=1S/C14H14N4S/c1-9-18-10(8-19-9)7-17-13-5-4-12(15)11-3-2-6-16-14(11)13/h2-6,8,17H,7,15H2,1H3. The molecule has 0 spiro atoms. The molecule has 5 heteroatoms. The summed E-state index contributed by atoms with van der Waals surface area (Å²) in [7, 11) is 0. The number of nitrogens with one attached hydrogen (secondary N) is 1. The Hall–Kier alpha value is -2.14. The van der Waals surface area contributed by atoms with Crippen LogP contribution in [-0.2, 0) is 6.54 Å². The van der Waals surface area contributed by atoms with Crippen LogP contribution >= 0.6 is 11.3 Å². The number of anilines is 2. The van der Waals surface area contributed by atoms with Gasteiger partial charge < -0.3 is 11.1 Å². The van der Waals surface area contributed by atoms with Crippen molar-refractivity contribution in [3.05, 3.63) is 46.5 Å². The smallest absolute Gasteiger partial charge is 0.0953 e. The maximum Gasteiger partial charge on any atom is 0.0953 e. The van der Waals surface area contributed by atoms with E-state index in [9.17, 15) is 0 Å². The van der Waals surface area contributed by atoms with Crippen molar-refractivity contribution in [2.24, 2.45) is 0 Å². The van der Waals surface area contributed by atoms with E-state index in [0.717, 1.165) is 33.0 Å². The minimum atomic E-state index is 0.694. The Morgan fingerprint density at radius 1 is 1.32 bits per heavy atom. The number of pyridine rings is 1. The maximum absolute atomic E-state index is 5.96. The number of nitrogen functional groups attached to an aromatic ring is 1. The Kier molecular flexibility index (Phi) is 3.05. The third-order valence-corrected chi connectivity index (χ3v) is 3.75. The molecule has 2 heterocycles. The zero-order chi connectivity index (χ0) is 13.2. The maximum atomic E-state index is 5.96. The summed E-state index contributed by atoms with van der Waals surface area (Å²) in [4.78, 5) is 8.83. The van der Waals surface area contributed by atoms with Gasteiger partial charge in [0.05, 0.1) is 28.5 Å². The van der Waals surface area contributed by atoms with E-state index in [1.165, 1.54) is 0 Å². The largest absolute Gasteiger partial charge is 0.398 e. The zero-order valence-electron chi connectivity index (χ0n) is 10.6. The molecule has 3 N–H and O–H groups in total. The van der Waals surface area contributed by atoms with Gasteiger partial charge in [-0.05, 0) is 31.2 Å². The lowest BCUT2D eigenvalue weighted by Crippen LogP contribution is -2.02. The third-order valence-electron chi connectivity index (χ3n) is 2.93. The summed E-state index contributed by atoms with van der Waals surface area (Å²) in [5.41, 5.74) is 9.63. The number of benzene rings is 1. The minimum Gasteiger partial charge on any atom is -0.398 e. The van der Waals surface area contributed by atoms with E-state index in [1.54, 1.807) is 17.5 Å². The summed E-state index contributed by atoms with van der Waals surface area (Å²) in [6, 6.07) is 7.74. The number of hydrogen-bond donors (Lipinski definition) is 2. The van der Waals surface area contributed by atoms with Crippen molar-refractivity contribution in [1.82, 2.24) is 9.97 Å². The van der Waals surface area contributed by atoms with Crippen molar-refractivity contribution in [1.29, 1.82) is 0 Å². The molecule has 0 unspecified atom stereocenters. The molecule has 1 aromatic carbocycles. The molecule has 3 aromatic rings. The molecule has 0 aliphatic carbocycles. The molecule has 0 amide bonds. The Bertz CT molecular complexity index is 720. The summed E-state index contributed by atoms with van der Waals surface area (Å²) < 4.78 is 0. The highest BCUT2D eigenvalue weighted by atomic mass is 32.1. The van der Waals surface area contributed by atoms with E-state index in [0.29, 0.717) is 6.54 Å². The average Bonchev–Trinajstić information content (AvgIpc) is 2.84. The van der Waals surface area contributed by atoms with Gasteiger partial charge in [0.1, 0.15) is 0 Å². The fourth-order valence-electron chi connectivity index (χ4n) is 2.01. The van der Waals surface area contributed by atoms with Crippen LogP contribution in [-0.4, -0.2) is 9.97 Å². The van der Waals surface area contributed by atoms with Gasteiger partial charge in [-0.15, -0.1) is 11.3 Å². The average molecular weight is 270 g/mol. The van der Waals surface area contributed by atoms with Crippen LogP contribution in [0, 0.1) is 6.92 Å². The molecule has 4 nitrogen and oxygen atoms in total. The van der Waals surface area contributed by atoms with E-state index in [4.69, 9.17) is 5.73 Å². The molecule has 0 saturated heterocycles. The van der Waals surface area contributed by atoms with Crippen molar-refractivity contribution in [3.8, 4) is 0 Å². The quantitative estimate of drug-likeness (QED) is 0.717. The van der Waals surface area contributed by atoms with Crippen LogP contribution in [0.2, 0.25) is 0 Å². The first-order valence-electron chi connectivity index (χ1n) is 6.02. The Balaban J connectivity index is 1.91. The van der Waals surface area contributed by atoms with Gasteiger partial charge in [0.2, 0.25) is 0 Å². The van der Waals surface area contributed by atoms with E-state index in [1.807, 2.05) is 31.2 Å². The predicted molar refractivity (Wildman–Crippen MR) is 80.3 cm³/mol. The molecule has 19 heavy (non-hydrogen) atoms. The molecule has 0 saturated carbocycles. The zero-order valence-corrected chi connectivity index (χ0v) is 11.4. The van der Waals surface area contributed by atoms with Crippen molar-refractivity contribution in [2.75, 3.05) is 11.1 Å². The first-order chi connectivity index (χ1) is 9.24. The molecule has 0 aliphatic heterocycles. The van der Waals surface area contributed by atoms with E-state index < -0.39 is 0 Å². The van der Waals surface area contributed by atoms with E-state index in [-0.39, 0.29) is 0 Å². The van der Waals surface area contributed by atoms with Crippen LogP contribution < -0.4 is 11.1 Å². The summed E-state index contributed by atoms with van der Waals surface area (Å²) in [6.45, 7) is 2.70. The molecule has 0 atom stereocenters. The van der Waals surface area contributed by atoms with Crippen molar-refractivity contribution in [3.63, 3.8) is 0 Å².